The lowest BCUT2D eigenvalue weighted by Gasteiger charge is -2.43. The molecule has 242 valence electrons. The second-order valence-corrected chi connectivity index (χ2v) is 13.7. The van der Waals surface area contributed by atoms with E-state index in [2.05, 4.69) is 9.97 Å². The molecule has 2 amide bonds. The van der Waals surface area contributed by atoms with Crippen LogP contribution in [0.1, 0.15) is 47.3 Å². The Bertz CT molecular complexity index is 1940. The van der Waals surface area contributed by atoms with Crippen molar-refractivity contribution in [2.75, 3.05) is 26.2 Å². The summed E-state index contributed by atoms with van der Waals surface area (Å²) >= 11 is 1.39. The van der Waals surface area contributed by atoms with E-state index in [0.29, 0.717) is 61.4 Å². The van der Waals surface area contributed by atoms with Crippen molar-refractivity contribution in [1.82, 2.24) is 28.9 Å². The van der Waals surface area contributed by atoms with E-state index in [4.69, 9.17) is 0 Å². The number of fused-ring (bicyclic) bond motifs is 1. The lowest BCUT2D eigenvalue weighted by Crippen LogP contribution is -2.53. The monoisotopic (exact) mass is 650 g/mol. The summed E-state index contributed by atoms with van der Waals surface area (Å²) in [7, 11) is 0. The van der Waals surface area contributed by atoms with Crippen LogP contribution in [0.25, 0.3) is 21.6 Å². The van der Waals surface area contributed by atoms with E-state index in [1.54, 1.807) is 12.3 Å². The number of benzene rings is 2. The molecule has 0 spiro atoms. The Hall–Kier alpha value is -4.61. The molecule has 0 unspecified atom stereocenters. The smallest absolute Gasteiger partial charge is 0.265 e. The molecule has 2 saturated heterocycles. The van der Waals surface area contributed by atoms with Gasteiger partial charge in [-0.2, -0.15) is 0 Å². The summed E-state index contributed by atoms with van der Waals surface area (Å²) in [6.45, 7) is 4.56. The number of hydrogen-bond acceptors (Lipinski definition) is 7. The minimum absolute atomic E-state index is 0.0540. The number of carbonyl (C=O) groups excluding carboxylic acids is 2. The van der Waals surface area contributed by atoms with E-state index in [1.165, 1.54) is 22.2 Å². The van der Waals surface area contributed by atoms with E-state index in [0.717, 1.165) is 22.7 Å². The first-order valence-electron chi connectivity index (χ1n) is 16.2. The molecule has 3 aromatic heterocycles. The summed E-state index contributed by atoms with van der Waals surface area (Å²) < 4.78 is 3.41. The van der Waals surface area contributed by atoms with Gasteiger partial charge in [-0.15, -0.1) is 11.3 Å². The SMILES string of the molecule is CCn1ccc2c(=O)n(CC3(O)CCN(C(=O)[C@@H]4CCN(C(=O)c5cnc(-c6ccccc6)s5)C[C@H]4c4ccccc4)CC3)cnc21. The minimum atomic E-state index is -1.12. The summed E-state index contributed by atoms with van der Waals surface area (Å²) in [6, 6.07) is 21.6. The highest BCUT2D eigenvalue weighted by Crippen LogP contribution is 2.37. The summed E-state index contributed by atoms with van der Waals surface area (Å²) in [4.78, 5) is 54.2. The van der Waals surface area contributed by atoms with Gasteiger partial charge in [0.2, 0.25) is 5.91 Å². The summed E-state index contributed by atoms with van der Waals surface area (Å²) in [5.74, 6) is -0.451. The molecule has 0 saturated carbocycles. The van der Waals surface area contributed by atoms with Crippen molar-refractivity contribution in [3.8, 4) is 10.6 Å². The molecule has 5 heterocycles. The van der Waals surface area contributed by atoms with Crippen molar-refractivity contribution in [3.05, 3.63) is 106 Å². The number of piperidine rings is 2. The Morgan fingerprint density at radius 2 is 1.66 bits per heavy atom. The zero-order valence-electron chi connectivity index (χ0n) is 26.4. The van der Waals surface area contributed by atoms with Gasteiger partial charge in [-0.1, -0.05) is 60.7 Å². The number of likely N-dealkylation sites (tertiary alicyclic amines) is 2. The van der Waals surface area contributed by atoms with E-state index in [9.17, 15) is 19.5 Å². The number of thiazole rings is 1. The van der Waals surface area contributed by atoms with Gasteiger partial charge < -0.3 is 19.5 Å². The second kappa shape index (κ2) is 12.9. The van der Waals surface area contributed by atoms with Gasteiger partial charge in [0.1, 0.15) is 21.9 Å². The molecule has 2 fully saturated rings. The molecule has 1 N–H and O–H groups in total. The van der Waals surface area contributed by atoms with E-state index >= 15 is 0 Å². The van der Waals surface area contributed by atoms with Crippen LogP contribution in [-0.2, 0) is 17.9 Å². The van der Waals surface area contributed by atoms with Crippen LogP contribution < -0.4 is 5.56 Å². The summed E-state index contributed by atoms with van der Waals surface area (Å²) in [5, 5.41) is 12.9. The number of carbonyl (C=O) groups is 2. The predicted molar refractivity (Wildman–Crippen MR) is 181 cm³/mol. The molecular formula is C36H38N6O4S. The minimum Gasteiger partial charge on any atom is -0.388 e. The molecule has 0 aliphatic carbocycles. The Morgan fingerprint density at radius 3 is 2.38 bits per heavy atom. The van der Waals surface area contributed by atoms with E-state index < -0.39 is 5.60 Å². The van der Waals surface area contributed by atoms with E-state index in [-0.39, 0.29) is 35.8 Å². The zero-order chi connectivity index (χ0) is 32.5. The van der Waals surface area contributed by atoms with Crippen LogP contribution in [0.15, 0.2) is 90.2 Å². The van der Waals surface area contributed by atoms with Gasteiger partial charge in [0.25, 0.3) is 11.5 Å². The van der Waals surface area contributed by atoms with Crippen LogP contribution in [0.5, 0.6) is 0 Å². The van der Waals surface area contributed by atoms with Crippen molar-refractivity contribution in [2.45, 2.75) is 50.8 Å². The molecule has 2 aliphatic rings. The van der Waals surface area contributed by atoms with Crippen molar-refractivity contribution in [2.24, 2.45) is 5.92 Å². The summed E-state index contributed by atoms with van der Waals surface area (Å²) in [5.41, 5.74) is 1.37. The lowest BCUT2D eigenvalue weighted by atomic mass is 9.79. The Balaban J connectivity index is 1.04. The molecule has 2 aromatic carbocycles. The molecule has 10 nitrogen and oxygen atoms in total. The molecule has 47 heavy (non-hydrogen) atoms. The molecule has 0 radical (unpaired) electrons. The van der Waals surface area contributed by atoms with Gasteiger partial charge >= 0.3 is 0 Å². The first-order chi connectivity index (χ1) is 22.8. The topological polar surface area (TPSA) is 114 Å². The maximum atomic E-state index is 14.1. The number of aromatic nitrogens is 4. The fourth-order valence-corrected chi connectivity index (χ4v) is 7.93. The van der Waals surface area contributed by atoms with Gasteiger partial charge in [-0.3, -0.25) is 19.0 Å². The number of aliphatic hydroxyl groups is 1. The van der Waals surface area contributed by atoms with Crippen LogP contribution in [-0.4, -0.2) is 77.6 Å². The normalized spacial score (nSPS) is 19.6. The lowest BCUT2D eigenvalue weighted by molar-refractivity contribution is -0.142. The Morgan fingerprint density at radius 1 is 0.936 bits per heavy atom. The number of aryl methyl sites for hydroxylation is 1. The Kier molecular flexibility index (Phi) is 8.50. The van der Waals surface area contributed by atoms with Crippen LogP contribution in [0.2, 0.25) is 0 Å². The Labute approximate surface area is 276 Å². The third-order valence-corrected chi connectivity index (χ3v) is 10.8. The molecule has 11 heteroatoms. The molecule has 5 aromatic rings. The van der Waals surface area contributed by atoms with Crippen LogP contribution in [0.3, 0.4) is 0 Å². The van der Waals surface area contributed by atoms with Gasteiger partial charge in [-0.25, -0.2) is 9.97 Å². The first kappa shape index (κ1) is 31.0. The number of hydrogen-bond donors (Lipinski definition) is 1. The number of nitrogens with zero attached hydrogens (tertiary/aromatic N) is 6. The van der Waals surface area contributed by atoms with Crippen molar-refractivity contribution in [1.29, 1.82) is 0 Å². The van der Waals surface area contributed by atoms with E-state index in [1.807, 2.05) is 88.2 Å². The van der Waals surface area contributed by atoms with Crippen LogP contribution in [0.4, 0.5) is 0 Å². The van der Waals surface area contributed by atoms with Crippen molar-refractivity contribution in [3.63, 3.8) is 0 Å². The molecule has 2 atom stereocenters. The number of amides is 2. The highest BCUT2D eigenvalue weighted by atomic mass is 32.1. The average molecular weight is 651 g/mol. The van der Waals surface area contributed by atoms with Gasteiger partial charge in [-0.05, 0) is 37.8 Å². The second-order valence-electron chi connectivity index (χ2n) is 12.6. The average Bonchev–Trinajstić information content (AvgIpc) is 3.78. The van der Waals surface area contributed by atoms with Crippen LogP contribution in [0, 0.1) is 5.92 Å². The quantitative estimate of drug-likeness (QED) is 0.275. The number of rotatable bonds is 7. The highest BCUT2D eigenvalue weighted by molar-refractivity contribution is 7.16. The molecule has 7 rings (SSSR count). The van der Waals surface area contributed by atoms with Crippen LogP contribution >= 0.6 is 11.3 Å². The zero-order valence-corrected chi connectivity index (χ0v) is 27.2. The third kappa shape index (κ3) is 6.13. The maximum Gasteiger partial charge on any atom is 0.265 e. The van der Waals surface area contributed by atoms with Gasteiger partial charge in [0, 0.05) is 56.3 Å². The highest BCUT2D eigenvalue weighted by Gasteiger charge is 2.42. The molecular weight excluding hydrogens is 613 g/mol. The fourth-order valence-electron chi connectivity index (χ4n) is 7.04. The maximum absolute atomic E-state index is 14.1. The predicted octanol–water partition coefficient (Wildman–Crippen LogP) is 4.64. The van der Waals surface area contributed by atoms with Crippen molar-refractivity contribution < 1.29 is 14.7 Å². The fraction of sp³-hybridized carbons (Fsp3) is 0.361. The standard InChI is InChI=1S/C36H38N6O4S/c1-2-39-17-14-28-31(39)38-24-42(34(28)44)23-36(46)15-19-40(20-16-36)33(43)27-13-18-41(22-29(27)25-9-5-3-6-10-25)35(45)30-21-37-32(47-30)26-11-7-4-8-12-26/h3-12,14,17,21,24,27,29,46H,2,13,15-16,18-20,22-23H2,1H3/t27-,29+/m1/s1. The summed E-state index contributed by atoms with van der Waals surface area (Å²) in [6.07, 6.45) is 6.30. The van der Waals surface area contributed by atoms with Crippen molar-refractivity contribution >= 4 is 34.2 Å². The molecule has 0 bridgehead atoms. The largest absolute Gasteiger partial charge is 0.388 e. The van der Waals surface area contributed by atoms with Gasteiger partial charge in [0.05, 0.1) is 23.7 Å². The third-order valence-electron chi connectivity index (χ3n) is 9.74. The molecule has 2 aliphatic heterocycles. The first-order valence-corrected chi connectivity index (χ1v) is 17.1. The van der Waals surface area contributed by atoms with Gasteiger partial charge in [0.15, 0.2) is 0 Å².